The summed E-state index contributed by atoms with van der Waals surface area (Å²) in [6.07, 6.45) is 12.7. The Morgan fingerprint density at radius 2 is 1.88 bits per heavy atom. The lowest BCUT2D eigenvalue weighted by Crippen LogP contribution is -2.53. The molecule has 1 aromatic rings. The smallest absolute Gasteiger partial charge is 0.160 e. The standard InChI is InChI=1S/C34H45NO5/c1-40-30-18-24-7-9-31(38)34(13-4-5-23(24)17-29(30)37)14-10-22(15-32(34)39)20-33(11-2-3-12-33)26-16-25-6-8-27(36)19-28(25)35-21-26/h17-18,22,25-26,28,32,35,37,39H,2-3,5-12,14-16,19-21H2,1H3. The summed E-state index contributed by atoms with van der Waals surface area (Å²) in [4.78, 5) is 25.7. The van der Waals surface area contributed by atoms with Gasteiger partial charge in [0.1, 0.15) is 11.2 Å². The molecule has 216 valence electrons. The second-order valence-electron chi connectivity index (χ2n) is 13.6. The van der Waals surface area contributed by atoms with Crippen molar-refractivity contribution in [1.29, 1.82) is 0 Å². The number of methoxy groups -OCH3 is 1. The molecule has 1 aliphatic heterocycles. The Labute approximate surface area is 238 Å². The van der Waals surface area contributed by atoms with Gasteiger partial charge in [0.15, 0.2) is 17.3 Å². The van der Waals surface area contributed by atoms with Crippen LogP contribution in [0, 0.1) is 40.4 Å². The lowest BCUT2D eigenvalue weighted by molar-refractivity contribution is -0.135. The normalized spacial score (nSPS) is 35.5. The summed E-state index contributed by atoms with van der Waals surface area (Å²) in [5.74, 6) is 9.14. The van der Waals surface area contributed by atoms with E-state index >= 15 is 0 Å². The highest BCUT2D eigenvalue weighted by Gasteiger charge is 2.51. The van der Waals surface area contributed by atoms with E-state index in [1.54, 1.807) is 6.07 Å². The minimum Gasteiger partial charge on any atom is -0.504 e. The summed E-state index contributed by atoms with van der Waals surface area (Å²) >= 11 is 0. The van der Waals surface area contributed by atoms with Crippen molar-refractivity contribution in [2.24, 2.45) is 28.6 Å². The Morgan fingerprint density at radius 3 is 2.65 bits per heavy atom. The van der Waals surface area contributed by atoms with Crippen molar-refractivity contribution in [2.75, 3.05) is 13.7 Å². The number of carbonyl (C=O) groups excluding carboxylic acids is 2. The number of phenols is 1. The van der Waals surface area contributed by atoms with Crippen molar-refractivity contribution in [2.45, 2.75) is 108 Å². The fourth-order valence-corrected chi connectivity index (χ4v) is 9.17. The highest BCUT2D eigenvalue weighted by atomic mass is 16.5. The predicted octanol–water partition coefficient (Wildman–Crippen LogP) is 4.91. The topological polar surface area (TPSA) is 95.9 Å². The summed E-state index contributed by atoms with van der Waals surface area (Å²) in [6.45, 7) is 1.01. The maximum atomic E-state index is 13.7. The minimum atomic E-state index is -0.984. The first-order valence-corrected chi connectivity index (χ1v) is 15.7. The monoisotopic (exact) mass is 547 g/mol. The minimum absolute atomic E-state index is 0.0517. The summed E-state index contributed by atoms with van der Waals surface area (Å²) < 4.78 is 5.29. The average Bonchev–Trinajstić information content (AvgIpc) is 3.44. The molecule has 40 heavy (non-hydrogen) atoms. The number of carbonyl (C=O) groups is 2. The Morgan fingerprint density at radius 1 is 1.05 bits per heavy atom. The van der Waals surface area contributed by atoms with Gasteiger partial charge in [-0.05, 0) is 111 Å². The van der Waals surface area contributed by atoms with Gasteiger partial charge in [0.05, 0.1) is 13.2 Å². The number of phenolic OH excluding ortho intramolecular Hbond substituents is 1. The number of hydrogen-bond donors (Lipinski definition) is 3. The fourth-order valence-electron chi connectivity index (χ4n) is 9.17. The number of ketones is 2. The molecule has 3 N–H and O–H groups in total. The van der Waals surface area contributed by atoms with E-state index in [1.165, 1.54) is 39.2 Å². The van der Waals surface area contributed by atoms with Gasteiger partial charge in [0.2, 0.25) is 0 Å². The molecule has 6 nitrogen and oxygen atoms in total. The molecular weight excluding hydrogens is 502 g/mol. The van der Waals surface area contributed by atoms with Crippen LogP contribution in [-0.2, 0) is 22.4 Å². The number of piperidine rings is 1. The van der Waals surface area contributed by atoms with Crippen LogP contribution >= 0.6 is 0 Å². The van der Waals surface area contributed by atoms with Gasteiger partial charge in [-0.15, -0.1) is 0 Å². The average molecular weight is 548 g/mol. The highest BCUT2D eigenvalue weighted by molar-refractivity contribution is 5.89. The first kappa shape index (κ1) is 27.8. The molecule has 1 heterocycles. The molecule has 1 spiro atoms. The zero-order valence-electron chi connectivity index (χ0n) is 24.0. The zero-order chi connectivity index (χ0) is 27.9. The SMILES string of the molecule is COc1cc2c(cc1O)CC#CC1(CCC(CC3(C4CNC5CC(=O)CCC5C4)CCCC3)CC1O)C(=O)CC2. The predicted molar refractivity (Wildman–Crippen MR) is 153 cm³/mol. The number of benzene rings is 1. The van der Waals surface area contributed by atoms with Crippen molar-refractivity contribution in [3.05, 3.63) is 23.3 Å². The van der Waals surface area contributed by atoms with Gasteiger partial charge in [-0.2, -0.15) is 0 Å². The maximum Gasteiger partial charge on any atom is 0.160 e. The highest BCUT2D eigenvalue weighted by Crippen LogP contribution is 2.55. The van der Waals surface area contributed by atoms with Crippen LogP contribution in [0.4, 0.5) is 0 Å². The fraction of sp³-hybridized carbons (Fsp3) is 0.706. The third-order valence-corrected chi connectivity index (χ3v) is 11.5. The number of aryl methyl sites for hydroxylation is 1. The first-order valence-electron chi connectivity index (χ1n) is 15.7. The molecule has 6 unspecified atom stereocenters. The summed E-state index contributed by atoms with van der Waals surface area (Å²) in [7, 11) is 1.53. The van der Waals surface area contributed by atoms with Gasteiger partial charge >= 0.3 is 0 Å². The Bertz CT molecular complexity index is 1210. The van der Waals surface area contributed by atoms with Crippen LogP contribution in [0.5, 0.6) is 11.5 Å². The van der Waals surface area contributed by atoms with Gasteiger partial charge in [-0.25, -0.2) is 0 Å². The molecule has 0 amide bonds. The van der Waals surface area contributed by atoms with E-state index in [-0.39, 0.29) is 11.5 Å². The third kappa shape index (κ3) is 5.09. The molecule has 0 bridgehead atoms. The van der Waals surface area contributed by atoms with E-state index in [0.29, 0.717) is 79.3 Å². The number of aliphatic hydroxyl groups is 1. The molecule has 4 aliphatic carbocycles. The molecule has 5 aliphatic rings. The molecule has 0 radical (unpaired) electrons. The van der Waals surface area contributed by atoms with Gasteiger partial charge in [0.25, 0.3) is 0 Å². The molecule has 6 rings (SSSR count). The summed E-state index contributed by atoms with van der Waals surface area (Å²) in [5, 5.41) is 25.6. The van der Waals surface area contributed by atoms with E-state index in [4.69, 9.17) is 4.74 Å². The molecule has 4 fully saturated rings. The summed E-state index contributed by atoms with van der Waals surface area (Å²) in [6, 6.07) is 3.89. The van der Waals surface area contributed by atoms with Crippen molar-refractivity contribution in [3.8, 4) is 23.3 Å². The van der Waals surface area contributed by atoms with Crippen molar-refractivity contribution in [1.82, 2.24) is 5.32 Å². The van der Waals surface area contributed by atoms with Gasteiger partial charge in [-0.1, -0.05) is 24.7 Å². The van der Waals surface area contributed by atoms with Gasteiger partial charge in [-0.3, -0.25) is 9.59 Å². The Kier molecular flexibility index (Phi) is 7.74. The van der Waals surface area contributed by atoms with Crippen LogP contribution < -0.4 is 10.1 Å². The molecule has 6 atom stereocenters. The Balaban J connectivity index is 1.15. The van der Waals surface area contributed by atoms with E-state index in [0.717, 1.165) is 43.4 Å². The first-order chi connectivity index (χ1) is 19.3. The van der Waals surface area contributed by atoms with Crippen molar-refractivity contribution in [3.63, 3.8) is 0 Å². The molecular formula is C34H45NO5. The lowest BCUT2D eigenvalue weighted by atomic mass is 9.58. The van der Waals surface area contributed by atoms with Crippen LogP contribution in [0.3, 0.4) is 0 Å². The number of Topliss-reactive ketones (excluding diaryl/α,β-unsaturated/α-hetero) is 2. The van der Waals surface area contributed by atoms with Crippen LogP contribution in [0.2, 0.25) is 0 Å². The van der Waals surface area contributed by atoms with E-state index in [2.05, 4.69) is 17.2 Å². The Hall–Kier alpha value is -2.36. The number of hydrogen-bond acceptors (Lipinski definition) is 6. The van der Waals surface area contributed by atoms with E-state index in [9.17, 15) is 19.8 Å². The van der Waals surface area contributed by atoms with Gasteiger partial charge in [0, 0.05) is 31.7 Å². The maximum absolute atomic E-state index is 13.7. The number of fused-ring (bicyclic) bond motifs is 2. The number of aliphatic hydroxyl groups excluding tert-OH is 1. The number of nitrogens with one attached hydrogen (secondary N) is 1. The number of rotatable bonds is 4. The van der Waals surface area contributed by atoms with E-state index < -0.39 is 11.5 Å². The quantitative estimate of drug-likeness (QED) is 0.464. The van der Waals surface area contributed by atoms with Gasteiger partial charge < -0.3 is 20.3 Å². The number of ether oxygens (including phenoxy) is 1. The molecule has 1 aromatic carbocycles. The summed E-state index contributed by atoms with van der Waals surface area (Å²) in [5.41, 5.74) is 1.23. The molecule has 1 saturated heterocycles. The van der Waals surface area contributed by atoms with Crippen molar-refractivity contribution >= 4 is 11.6 Å². The zero-order valence-corrected chi connectivity index (χ0v) is 24.0. The third-order valence-electron chi connectivity index (χ3n) is 11.5. The van der Waals surface area contributed by atoms with Crippen LogP contribution in [0.1, 0.15) is 94.6 Å². The molecule has 0 aromatic heterocycles. The largest absolute Gasteiger partial charge is 0.504 e. The van der Waals surface area contributed by atoms with Crippen LogP contribution in [-0.4, -0.2) is 47.6 Å². The lowest BCUT2D eigenvalue weighted by Gasteiger charge is -2.49. The second kappa shape index (κ2) is 11.1. The molecule has 3 saturated carbocycles. The second-order valence-corrected chi connectivity index (χ2v) is 13.6. The van der Waals surface area contributed by atoms with Crippen molar-refractivity contribution < 1.29 is 24.5 Å². The molecule has 6 heteroatoms. The van der Waals surface area contributed by atoms with E-state index in [1.807, 2.05) is 6.07 Å². The van der Waals surface area contributed by atoms with Crippen LogP contribution in [0.15, 0.2) is 12.1 Å². The number of aromatic hydroxyl groups is 1. The van der Waals surface area contributed by atoms with Crippen LogP contribution in [0.25, 0.3) is 0 Å².